The average Bonchev–Trinajstić information content (AvgIpc) is 3.16. The van der Waals surface area contributed by atoms with Gasteiger partial charge in [0.15, 0.2) is 0 Å². The van der Waals surface area contributed by atoms with E-state index in [0.29, 0.717) is 38.4 Å². The standard InChI is InChI=1S/C31H37ClFN5O2S/c1-7-28(31-23(4)34-38(24(31)5)20-25-9-8-10-27(33)18-25)22(3)17-21(2)26-11-12-30(29(19-26)35-41(6,39)40)36-13-15-37(32)16-14-36/h7-12,17-19,35H,2,13-16,20H2,1,3-6H3/b22-17+,28-7+. The van der Waals surface area contributed by atoms with E-state index in [2.05, 4.69) is 22.3 Å². The highest BCUT2D eigenvalue weighted by Crippen LogP contribution is 2.34. The highest BCUT2D eigenvalue weighted by Gasteiger charge is 2.21. The van der Waals surface area contributed by atoms with Crippen molar-refractivity contribution in [3.8, 4) is 0 Å². The van der Waals surface area contributed by atoms with Gasteiger partial charge in [-0.05, 0) is 91.6 Å². The van der Waals surface area contributed by atoms with Crippen LogP contribution in [0.1, 0.15) is 41.9 Å². The zero-order chi connectivity index (χ0) is 29.9. The number of hydrogen-bond acceptors (Lipinski definition) is 5. The Morgan fingerprint density at radius 1 is 1.15 bits per heavy atom. The molecular formula is C31H37ClFN5O2S. The summed E-state index contributed by atoms with van der Waals surface area (Å²) in [4.78, 5) is 2.13. The molecule has 4 rings (SSSR count). The van der Waals surface area contributed by atoms with Crippen LogP contribution < -0.4 is 9.62 Å². The summed E-state index contributed by atoms with van der Waals surface area (Å²) in [7, 11) is -3.50. The summed E-state index contributed by atoms with van der Waals surface area (Å²) in [5.41, 5.74) is 8.63. The number of piperazine rings is 1. The molecule has 0 radical (unpaired) electrons. The number of hydrogen-bond donors (Lipinski definition) is 1. The number of aryl methyl sites for hydroxylation is 1. The number of sulfonamides is 1. The molecule has 7 nitrogen and oxygen atoms in total. The van der Waals surface area contributed by atoms with Crippen LogP contribution in [0.2, 0.25) is 0 Å². The first-order valence-electron chi connectivity index (χ1n) is 13.5. The minimum Gasteiger partial charge on any atom is -0.367 e. The number of rotatable bonds is 9. The van der Waals surface area contributed by atoms with E-state index in [9.17, 15) is 12.8 Å². The monoisotopic (exact) mass is 597 g/mol. The van der Waals surface area contributed by atoms with Gasteiger partial charge in [0.2, 0.25) is 10.0 Å². The third-order valence-corrected chi connectivity index (χ3v) is 8.13. The molecule has 41 heavy (non-hydrogen) atoms. The summed E-state index contributed by atoms with van der Waals surface area (Å²) in [5, 5.41) is 4.75. The first-order chi connectivity index (χ1) is 19.4. The van der Waals surface area contributed by atoms with Gasteiger partial charge < -0.3 is 4.90 Å². The lowest BCUT2D eigenvalue weighted by Gasteiger charge is -2.34. The molecule has 1 aliphatic heterocycles. The molecule has 1 aromatic heterocycles. The molecular weight excluding hydrogens is 561 g/mol. The number of aromatic nitrogens is 2. The highest BCUT2D eigenvalue weighted by atomic mass is 35.5. The molecule has 1 N–H and O–H groups in total. The molecule has 3 aromatic rings. The summed E-state index contributed by atoms with van der Waals surface area (Å²) in [5.74, 6) is -0.267. The Bertz CT molecular complexity index is 1620. The van der Waals surface area contributed by atoms with Crippen LogP contribution >= 0.6 is 11.8 Å². The van der Waals surface area contributed by atoms with Crippen molar-refractivity contribution < 1.29 is 12.8 Å². The first-order valence-corrected chi connectivity index (χ1v) is 15.7. The number of nitrogens with one attached hydrogen (secondary N) is 1. The van der Waals surface area contributed by atoms with Gasteiger partial charge >= 0.3 is 0 Å². The SMILES string of the molecule is C=C(/C=C(C)/C(=C\C)c1c(C)nn(Cc2cccc(F)c2)c1C)c1ccc(N2CCN(Cl)CC2)c(NS(C)(=O)=O)c1. The summed E-state index contributed by atoms with van der Waals surface area (Å²) in [6.45, 7) is 15.5. The van der Waals surface area contributed by atoms with Crippen LogP contribution in [-0.2, 0) is 16.6 Å². The molecule has 0 spiro atoms. The first kappa shape index (κ1) is 30.6. The number of benzene rings is 2. The summed E-state index contributed by atoms with van der Waals surface area (Å²) in [6, 6.07) is 12.3. The van der Waals surface area contributed by atoms with Crippen molar-refractivity contribution in [1.29, 1.82) is 0 Å². The van der Waals surface area contributed by atoms with E-state index in [1.54, 1.807) is 10.5 Å². The maximum Gasteiger partial charge on any atom is 0.229 e. The van der Waals surface area contributed by atoms with E-state index in [4.69, 9.17) is 16.9 Å². The predicted octanol–water partition coefficient (Wildman–Crippen LogP) is 6.40. The number of halogens is 2. The van der Waals surface area contributed by atoms with Crippen molar-refractivity contribution in [1.82, 2.24) is 14.2 Å². The Kier molecular flexibility index (Phi) is 9.41. The van der Waals surface area contributed by atoms with Crippen molar-refractivity contribution in [2.45, 2.75) is 34.2 Å². The second kappa shape index (κ2) is 12.6. The van der Waals surface area contributed by atoms with Gasteiger partial charge in [-0.15, -0.1) is 0 Å². The molecule has 2 heterocycles. The lowest BCUT2D eigenvalue weighted by molar-refractivity contribution is 0.416. The Hall–Kier alpha value is -3.40. The minimum absolute atomic E-state index is 0.267. The summed E-state index contributed by atoms with van der Waals surface area (Å²) < 4.78 is 44.5. The van der Waals surface area contributed by atoms with E-state index in [0.717, 1.165) is 56.7 Å². The van der Waals surface area contributed by atoms with Crippen LogP contribution in [0.5, 0.6) is 0 Å². The summed E-state index contributed by atoms with van der Waals surface area (Å²) in [6.07, 6.45) is 5.21. The van der Waals surface area contributed by atoms with Crippen molar-refractivity contribution >= 4 is 44.3 Å². The van der Waals surface area contributed by atoms with Crippen LogP contribution in [0, 0.1) is 19.7 Å². The highest BCUT2D eigenvalue weighted by molar-refractivity contribution is 7.92. The quantitative estimate of drug-likeness (QED) is 0.228. The molecule has 0 aliphatic carbocycles. The second-order valence-electron chi connectivity index (χ2n) is 10.4. The van der Waals surface area contributed by atoms with Gasteiger partial charge in [0, 0.05) is 37.4 Å². The number of nitrogens with zero attached hydrogens (tertiary/aromatic N) is 4. The molecule has 1 aliphatic rings. The number of allylic oxidation sites excluding steroid dienone is 5. The largest absolute Gasteiger partial charge is 0.367 e. The molecule has 0 amide bonds. The Labute approximate surface area is 247 Å². The molecule has 0 saturated carbocycles. The van der Waals surface area contributed by atoms with Gasteiger partial charge in [-0.1, -0.05) is 36.9 Å². The van der Waals surface area contributed by atoms with Gasteiger partial charge in [-0.2, -0.15) is 5.10 Å². The molecule has 0 atom stereocenters. The topological polar surface area (TPSA) is 70.5 Å². The molecule has 1 fully saturated rings. The van der Waals surface area contributed by atoms with Gasteiger partial charge in [-0.25, -0.2) is 17.2 Å². The van der Waals surface area contributed by atoms with Gasteiger partial charge in [0.05, 0.1) is 29.9 Å². The van der Waals surface area contributed by atoms with Crippen LogP contribution in [0.4, 0.5) is 15.8 Å². The molecule has 2 aromatic carbocycles. The van der Waals surface area contributed by atoms with E-state index >= 15 is 0 Å². The van der Waals surface area contributed by atoms with Gasteiger partial charge in [0.1, 0.15) is 5.82 Å². The Morgan fingerprint density at radius 2 is 1.85 bits per heavy atom. The normalized spacial score (nSPS) is 15.3. The molecule has 0 unspecified atom stereocenters. The maximum atomic E-state index is 13.7. The predicted molar refractivity (Wildman–Crippen MR) is 168 cm³/mol. The van der Waals surface area contributed by atoms with Gasteiger partial charge in [-0.3, -0.25) is 9.40 Å². The third-order valence-electron chi connectivity index (χ3n) is 7.20. The van der Waals surface area contributed by atoms with E-state index < -0.39 is 10.0 Å². The van der Waals surface area contributed by atoms with Crippen LogP contribution in [0.3, 0.4) is 0 Å². The van der Waals surface area contributed by atoms with E-state index in [1.165, 1.54) is 12.1 Å². The molecule has 0 bridgehead atoms. The fourth-order valence-corrected chi connectivity index (χ4v) is 5.97. The van der Waals surface area contributed by atoms with Crippen molar-refractivity contribution in [2.24, 2.45) is 0 Å². The Morgan fingerprint density at radius 3 is 2.49 bits per heavy atom. The molecule has 218 valence electrons. The average molecular weight is 598 g/mol. The summed E-state index contributed by atoms with van der Waals surface area (Å²) >= 11 is 6.13. The zero-order valence-corrected chi connectivity index (χ0v) is 25.8. The minimum atomic E-state index is -3.50. The van der Waals surface area contributed by atoms with Crippen LogP contribution in [0.25, 0.3) is 11.1 Å². The number of anilines is 2. The second-order valence-corrected chi connectivity index (χ2v) is 12.6. The smallest absolute Gasteiger partial charge is 0.229 e. The maximum absolute atomic E-state index is 13.7. The molecule has 1 saturated heterocycles. The van der Waals surface area contributed by atoms with E-state index in [-0.39, 0.29) is 5.82 Å². The van der Waals surface area contributed by atoms with Crippen molar-refractivity contribution in [3.63, 3.8) is 0 Å². The van der Waals surface area contributed by atoms with E-state index in [1.807, 2.05) is 62.7 Å². The van der Waals surface area contributed by atoms with Crippen molar-refractivity contribution in [3.05, 3.63) is 101 Å². The lowest BCUT2D eigenvalue weighted by atomic mass is 9.94. The third kappa shape index (κ3) is 7.47. The van der Waals surface area contributed by atoms with Crippen LogP contribution in [-0.4, -0.2) is 55.1 Å². The van der Waals surface area contributed by atoms with Crippen molar-refractivity contribution in [2.75, 3.05) is 42.1 Å². The fraction of sp³-hybridized carbons (Fsp3) is 0.323. The fourth-order valence-electron chi connectivity index (χ4n) is 5.26. The van der Waals surface area contributed by atoms with Gasteiger partial charge in [0.25, 0.3) is 0 Å². The lowest BCUT2D eigenvalue weighted by Crippen LogP contribution is -2.42. The molecule has 10 heteroatoms. The van der Waals surface area contributed by atoms with Crippen LogP contribution in [0.15, 0.2) is 66.8 Å². The Balaban J connectivity index is 1.63. The zero-order valence-electron chi connectivity index (χ0n) is 24.2.